The van der Waals surface area contributed by atoms with E-state index in [1.54, 1.807) is 16.8 Å². The van der Waals surface area contributed by atoms with Gasteiger partial charge in [0.2, 0.25) is 0 Å². The van der Waals surface area contributed by atoms with Crippen LogP contribution >= 0.6 is 11.3 Å². The fourth-order valence-electron chi connectivity index (χ4n) is 4.13. The van der Waals surface area contributed by atoms with Crippen molar-refractivity contribution in [3.05, 3.63) is 36.2 Å². The number of hydrogen-bond acceptors (Lipinski definition) is 7. The lowest BCUT2D eigenvalue weighted by molar-refractivity contribution is -0.0207. The van der Waals surface area contributed by atoms with Crippen LogP contribution in [0.1, 0.15) is 25.0 Å². The summed E-state index contributed by atoms with van der Waals surface area (Å²) in [5.74, 6) is 0.0309. The zero-order valence-corrected chi connectivity index (χ0v) is 17.0. The van der Waals surface area contributed by atoms with Crippen LogP contribution in [-0.2, 0) is 0 Å². The van der Waals surface area contributed by atoms with Crippen LogP contribution < -0.4 is 10.1 Å². The number of benzene rings is 1. The van der Waals surface area contributed by atoms with Crippen molar-refractivity contribution < 1.29 is 18.6 Å². The molecule has 0 amide bonds. The molecule has 2 aliphatic heterocycles. The molecule has 2 bridgehead atoms. The Kier molecular flexibility index (Phi) is 4.90. The topological polar surface area (TPSA) is 85.1 Å². The Morgan fingerprint density at radius 1 is 1.23 bits per heavy atom. The highest BCUT2D eigenvalue weighted by Gasteiger charge is 2.46. The first-order chi connectivity index (χ1) is 14.5. The van der Waals surface area contributed by atoms with Crippen molar-refractivity contribution in [2.24, 2.45) is 0 Å². The lowest BCUT2D eigenvalue weighted by Crippen LogP contribution is -2.63. The van der Waals surface area contributed by atoms with Crippen molar-refractivity contribution in [1.82, 2.24) is 25.3 Å². The van der Waals surface area contributed by atoms with E-state index in [9.17, 15) is 13.9 Å². The predicted octanol–water partition coefficient (Wildman–Crippen LogP) is 3.35. The molecule has 1 aromatic carbocycles. The molecule has 2 aliphatic rings. The van der Waals surface area contributed by atoms with Crippen LogP contribution in [0.3, 0.4) is 0 Å². The molecule has 30 heavy (non-hydrogen) atoms. The number of halogens is 2. The van der Waals surface area contributed by atoms with Crippen LogP contribution in [0.25, 0.3) is 16.3 Å². The lowest BCUT2D eigenvalue weighted by atomic mass is 9.83. The lowest BCUT2D eigenvalue weighted by Gasteiger charge is -2.43. The number of piperidine rings is 2. The number of aromatic nitrogens is 4. The van der Waals surface area contributed by atoms with E-state index in [4.69, 9.17) is 4.74 Å². The number of phenols is 1. The molecule has 5 unspecified atom stereocenters. The molecule has 5 rings (SSSR count). The molecular formula is C20H21F2N5O2S. The van der Waals surface area contributed by atoms with Gasteiger partial charge in [-0.15, -0.1) is 5.10 Å². The molecule has 2 saturated heterocycles. The van der Waals surface area contributed by atoms with Crippen molar-refractivity contribution in [2.45, 2.75) is 56.7 Å². The van der Waals surface area contributed by atoms with Gasteiger partial charge in [0.25, 0.3) is 5.19 Å². The van der Waals surface area contributed by atoms with Crippen LogP contribution in [0.2, 0.25) is 0 Å². The Bertz CT molecular complexity index is 1060. The smallest absolute Gasteiger partial charge is 0.294 e. The quantitative estimate of drug-likeness (QED) is 0.656. The van der Waals surface area contributed by atoms with Gasteiger partial charge in [-0.3, -0.25) is 0 Å². The Labute approximate surface area is 175 Å². The van der Waals surface area contributed by atoms with Crippen molar-refractivity contribution in [1.29, 1.82) is 0 Å². The minimum absolute atomic E-state index is 0.0309. The van der Waals surface area contributed by atoms with Gasteiger partial charge >= 0.3 is 0 Å². The minimum Gasteiger partial charge on any atom is -0.507 e. The van der Waals surface area contributed by atoms with Gasteiger partial charge in [-0.05, 0) is 38.0 Å². The number of phenolic OH excluding ortho intramolecular Hbond substituents is 1. The second-order valence-corrected chi connectivity index (χ2v) is 8.74. The van der Waals surface area contributed by atoms with Gasteiger partial charge < -0.3 is 15.2 Å². The number of aryl methyl sites for hydroxylation is 1. The number of rotatable bonds is 4. The number of hydrogen-bond donors (Lipinski definition) is 2. The van der Waals surface area contributed by atoms with Gasteiger partial charge in [-0.25, -0.2) is 13.5 Å². The average molecular weight is 433 g/mol. The van der Waals surface area contributed by atoms with E-state index >= 15 is 0 Å². The van der Waals surface area contributed by atoms with Gasteiger partial charge in [0.05, 0.1) is 23.0 Å². The zero-order chi connectivity index (χ0) is 20.8. The molecule has 0 saturated carbocycles. The Balaban J connectivity index is 1.33. The summed E-state index contributed by atoms with van der Waals surface area (Å²) in [5, 5.41) is 26.6. The normalized spacial score (nSPS) is 28.4. The molecule has 5 atom stereocenters. The highest BCUT2D eigenvalue weighted by Crippen LogP contribution is 2.37. The van der Waals surface area contributed by atoms with Gasteiger partial charge in [-0.1, -0.05) is 16.4 Å². The van der Waals surface area contributed by atoms with E-state index in [1.165, 1.54) is 0 Å². The molecule has 158 valence electrons. The molecular weight excluding hydrogens is 412 g/mol. The molecule has 7 nitrogen and oxygen atoms in total. The van der Waals surface area contributed by atoms with E-state index in [2.05, 4.69) is 20.6 Å². The first-order valence-corrected chi connectivity index (χ1v) is 10.7. The zero-order valence-electron chi connectivity index (χ0n) is 16.2. The first kappa shape index (κ1) is 19.4. The Morgan fingerprint density at radius 2 is 2.10 bits per heavy atom. The summed E-state index contributed by atoms with van der Waals surface area (Å²) in [7, 11) is 0. The number of alkyl halides is 2. The third-order valence-electron chi connectivity index (χ3n) is 5.68. The fourth-order valence-corrected chi connectivity index (χ4v) is 4.91. The number of fused-ring (bicyclic) bond motifs is 2. The predicted molar refractivity (Wildman–Crippen MR) is 108 cm³/mol. The summed E-state index contributed by atoms with van der Waals surface area (Å²) >= 11 is 1.12. The van der Waals surface area contributed by atoms with Crippen molar-refractivity contribution in [3.8, 4) is 27.2 Å². The van der Waals surface area contributed by atoms with Crippen molar-refractivity contribution in [3.63, 3.8) is 0 Å². The van der Waals surface area contributed by atoms with Gasteiger partial charge in [-0.2, -0.15) is 5.10 Å². The maximum atomic E-state index is 14.7. The second kappa shape index (κ2) is 7.59. The van der Waals surface area contributed by atoms with Crippen molar-refractivity contribution in [2.75, 3.05) is 0 Å². The van der Waals surface area contributed by atoms with Crippen LogP contribution in [0.15, 0.2) is 30.5 Å². The van der Waals surface area contributed by atoms with Crippen LogP contribution in [0.4, 0.5) is 8.78 Å². The maximum Gasteiger partial charge on any atom is 0.294 e. The number of aromatic hydroxyl groups is 1. The van der Waals surface area contributed by atoms with E-state index in [1.807, 2.05) is 25.3 Å². The monoisotopic (exact) mass is 433 g/mol. The standard InChI is InChI=1S/C20H21F2N5O2S/c1-10-6-7-27(26-10)12-3-4-13(15(28)9-12)19-24-25-20(30-19)29-16-8-11-2-5-14(21)18(23-11)17(16)22/h3-4,6-7,9,11,14,16-18,23,28H,2,5,8H2,1H3. The molecule has 2 N–H and O–H groups in total. The largest absolute Gasteiger partial charge is 0.507 e. The molecule has 4 heterocycles. The van der Waals surface area contributed by atoms with Crippen LogP contribution in [-0.4, -0.2) is 55.6 Å². The molecule has 0 spiro atoms. The van der Waals surface area contributed by atoms with Gasteiger partial charge in [0.15, 0.2) is 11.2 Å². The van der Waals surface area contributed by atoms with E-state index < -0.39 is 24.5 Å². The van der Waals surface area contributed by atoms with Crippen molar-refractivity contribution >= 4 is 11.3 Å². The molecule has 2 aromatic heterocycles. The number of nitrogens with one attached hydrogen (secondary N) is 1. The Hall–Kier alpha value is -2.59. The maximum absolute atomic E-state index is 14.7. The molecule has 10 heteroatoms. The first-order valence-electron chi connectivity index (χ1n) is 9.88. The van der Waals surface area contributed by atoms with Gasteiger partial charge in [0.1, 0.15) is 18.0 Å². The number of ether oxygens (including phenoxy) is 1. The summed E-state index contributed by atoms with van der Waals surface area (Å²) in [6, 6.07) is 6.23. The molecule has 2 fully saturated rings. The van der Waals surface area contributed by atoms with Crippen LogP contribution in [0.5, 0.6) is 10.9 Å². The molecule has 0 radical (unpaired) electrons. The average Bonchev–Trinajstić information content (AvgIpc) is 3.37. The SMILES string of the molecule is Cc1ccn(-c2ccc(-c3nnc(OC4CC5CCC(F)C(N5)C4F)s3)c(O)c2)n1. The van der Waals surface area contributed by atoms with E-state index in [0.29, 0.717) is 35.5 Å². The molecule has 3 aromatic rings. The summed E-state index contributed by atoms with van der Waals surface area (Å²) in [4.78, 5) is 0. The molecule has 0 aliphatic carbocycles. The van der Waals surface area contributed by atoms with E-state index in [-0.39, 0.29) is 17.0 Å². The number of nitrogens with zero attached hydrogens (tertiary/aromatic N) is 4. The second-order valence-electron chi connectivity index (χ2n) is 7.80. The summed E-state index contributed by atoms with van der Waals surface area (Å²) in [6.07, 6.45) is -0.101. The Morgan fingerprint density at radius 3 is 2.87 bits per heavy atom. The summed E-state index contributed by atoms with van der Waals surface area (Å²) < 4.78 is 36.2. The third-order valence-corrected chi connectivity index (χ3v) is 6.53. The third kappa shape index (κ3) is 3.54. The van der Waals surface area contributed by atoms with Gasteiger partial charge in [0, 0.05) is 24.7 Å². The summed E-state index contributed by atoms with van der Waals surface area (Å²) in [5.41, 5.74) is 2.09. The summed E-state index contributed by atoms with van der Waals surface area (Å²) in [6.45, 7) is 1.89. The van der Waals surface area contributed by atoms with Crippen LogP contribution in [0, 0.1) is 6.92 Å². The highest BCUT2D eigenvalue weighted by molar-refractivity contribution is 7.16. The fraction of sp³-hybridized carbons (Fsp3) is 0.450. The minimum atomic E-state index is -1.45. The van der Waals surface area contributed by atoms with E-state index in [0.717, 1.165) is 17.0 Å². The highest BCUT2D eigenvalue weighted by atomic mass is 32.1.